The van der Waals surface area contributed by atoms with Crippen LogP contribution < -0.4 is 10.6 Å². The van der Waals surface area contributed by atoms with Gasteiger partial charge in [0, 0.05) is 6.54 Å². The van der Waals surface area contributed by atoms with E-state index in [1.165, 1.54) is 51.1 Å². The molecular weight excluding hydrogens is 180 g/mol. The van der Waals surface area contributed by atoms with Crippen LogP contribution in [0.5, 0.6) is 0 Å². The van der Waals surface area contributed by atoms with E-state index in [0.717, 1.165) is 11.3 Å². The summed E-state index contributed by atoms with van der Waals surface area (Å²) in [7, 11) is 0. The van der Waals surface area contributed by atoms with Crippen molar-refractivity contribution in [3.63, 3.8) is 0 Å². The van der Waals surface area contributed by atoms with E-state index in [2.05, 4.69) is 22.4 Å². The number of rotatable bonds is 3. The van der Waals surface area contributed by atoms with Crippen molar-refractivity contribution < 1.29 is 0 Å². The van der Waals surface area contributed by atoms with Crippen molar-refractivity contribution >= 4 is 11.8 Å². The Hall–Kier alpha value is 0.270. The predicted molar refractivity (Wildman–Crippen MR) is 59.1 cm³/mol. The average molecular weight is 200 g/mol. The van der Waals surface area contributed by atoms with Gasteiger partial charge in [-0.15, -0.1) is 11.8 Å². The predicted octanol–water partition coefficient (Wildman–Crippen LogP) is 1.43. The lowest BCUT2D eigenvalue weighted by Gasteiger charge is -2.24. The molecule has 0 aromatic heterocycles. The van der Waals surface area contributed by atoms with Gasteiger partial charge in [0.15, 0.2) is 0 Å². The standard InChI is InChI=1S/C10H20N2S/c1-3-9(7-11-5-1)8-12-10-4-2-6-13-10/h9-12H,1-8H2. The van der Waals surface area contributed by atoms with Crippen molar-refractivity contribution in [2.24, 2.45) is 5.92 Å². The monoisotopic (exact) mass is 200 g/mol. The van der Waals surface area contributed by atoms with Gasteiger partial charge >= 0.3 is 0 Å². The Labute approximate surface area is 85.2 Å². The lowest BCUT2D eigenvalue weighted by Crippen LogP contribution is -2.38. The third-order valence-electron chi connectivity index (χ3n) is 2.96. The number of hydrogen-bond donors (Lipinski definition) is 2. The minimum absolute atomic E-state index is 0.766. The molecule has 0 aromatic rings. The summed E-state index contributed by atoms with van der Waals surface area (Å²) in [4.78, 5) is 0. The minimum atomic E-state index is 0.766. The Morgan fingerprint density at radius 2 is 2.31 bits per heavy atom. The van der Waals surface area contributed by atoms with E-state index in [9.17, 15) is 0 Å². The molecule has 2 rings (SSSR count). The summed E-state index contributed by atoms with van der Waals surface area (Å²) < 4.78 is 0. The summed E-state index contributed by atoms with van der Waals surface area (Å²) in [6, 6.07) is 0. The van der Waals surface area contributed by atoms with Gasteiger partial charge in [-0.2, -0.15) is 0 Å². The molecule has 13 heavy (non-hydrogen) atoms. The second-order valence-corrected chi connectivity index (χ2v) is 5.43. The normalized spacial score (nSPS) is 35.1. The molecule has 2 fully saturated rings. The molecular formula is C10H20N2S. The minimum Gasteiger partial charge on any atom is -0.316 e. The molecule has 76 valence electrons. The van der Waals surface area contributed by atoms with Crippen LogP contribution in [0.15, 0.2) is 0 Å². The second-order valence-electron chi connectivity index (χ2n) is 4.12. The van der Waals surface area contributed by atoms with E-state index in [4.69, 9.17) is 0 Å². The summed E-state index contributed by atoms with van der Waals surface area (Å²) in [6.07, 6.45) is 5.57. The summed E-state index contributed by atoms with van der Waals surface area (Å²) in [5.41, 5.74) is 0. The zero-order chi connectivity index (χ0) is 8.93. The van der Waals surface area contributed by atoms with Gasteiger partial charge in [0.1, 0.15) is 0 Å². The van der Waals surface area contributed by atoms with Crippen molar-refractivity contribution in [2.45, 2.75) is 31.1 Å². The number of thioether (sulfide) groups is 1. The van der Waals surface area contributed by atoms with E-state index in [0.29, 0.717) is 0 Å². The van der Waals surface area contributed by atoms with Crippen LogP contribution in [0.4, 0.5) is 0 Å². The van der Waals surface area contributed by atoms with Gasteiger partial charge in [0.25, 0.3) is 0 Å². The van der Waals surface area contributed by atoms with Crippen LogP contribution in [-0.2, 0) is 0 Å². The molecule has 3 heteroatoms. The molecule has 0 aliphatic carbocycles. The first-order chi connectivity index (χ1) is 6.45. The molecule has 2 aliphatic heterocycles. The van der Waals surface area contributed by atoms with Crippen LogP contribution in [0.3, 0.4) is 0 Å². The van der Waals surface area contributed by atoms with Crippen molar-refractivity contribution in [2.75, 3.05) is 25.4 Å². The Kier molecular flexibility index (Phi) is 3.94. The van der Waals surface area contributed by atoms with E-state index in [1.807, 2.05) is 0 Å². The second kappa shape index (κ2) is 5.23. The Morgan fingerprint density at radius 3 is 3.00 bits per heavy atom. The van der Waals surface area contributed by atoms with Crippen LogP contribution in [-0.4, -0.2) is 30.8 Å². The molecule has 2 aliphatic rings. The molecule has 2 heterocycles. The topological polar surface area (TPSA) is 24.1 Å². The van der Waals surface area contributed by atoms with E-state index < -0.39 is 0 Å². The van der Waals surface area contributed by atoms with Crippen molar-refractivity contribution in [1.29, 1.82) is 0 Å². The average Bonchev–Trinajstić information content (AvgIpc) is 2.69. The number of nitrogens with one attached hydrogen (secondary N) is 2. The highest BCUT2D eigenvalue weighted by molar-refractivity contribution is 8.00. The SMILES string of the molecule is C1CNCC(CNC2CCCS2)C1. The molecule has 2 saturated heterocycles. The quantitative estimate of drug-likeness (QED) is 0.721. The summed E-state index contributed by atoms with van der Waals surface area (Å²) >= 11 is 2.10. The third-order valence-corrected chi connectivity index (χ3v) is 4.29. The summed E-state index contributed by atoms with van der Waals surface area (Å²) in [6.45, 7) is 3.68. The highest BCUT2D eigenvalue weighted by Crippen LogP contribution is 2.24. The maximum atomic E-state index is 3.67. The lowest BCUT2D eigenvalue weighted by molar-refractivity contribution is 0.357. The largest absolute Gasteiger partial charge is 0.316 e. The molecule has 0 aromatic carbocycles. The first-order valence-electron chi connectivity index (χ1n) is 5.51. The lowest BCUT2D eigenvalue weighted by atomic mass is 10.00. The van der Waals surface area contributed by atoms with E-state index in [-0.39, 0.29) is 0 Å². The fourth-order valence-corrected chi connectivity index (χ4v) is 3.30. The zero-order valence-corrected chi connectivity index (χ0v) is 9.04. The van der Waals surface area contributed by atoms with Gasteiger partial charge in [0.05, 0.1) is 5.37 Å². The maximum Gasteiger partial charge on any atom is 0.0532 e. The summed E-state index contributed by atoms with van der Waals surface area (Å²) in [5.74, 6) is 2.25. The Morgan fingerprint density at radius 1 is 1.31 bits per heavy atom. The molecule has 0 spiro atoms. The molecule has 0 saturated carbocycles. The highest BCUT2D eigenvalue weighted by Gasteiger charge is 2.18. The van der Waals surface area contributed by atoms with E-state index >= 15 is 0 Å². The van der Waals surface area contributed by atoms with Crippen LogP contribution in [0, 0.1) is 5.92 Å². The van der Waals surface area contributed by atoms with Crippen molar-refractivity contribution in [3.8, 4) is 0 Å². The third kappa shape index (κ3) is 3.15. The maximum absolute atomic E-state index is 3.67. The van der Waals surface area contributed by atoms with Gasteiger partial charge in [-0.1, -0.05) is 0 Å². The highest BCUT2D eigenvalue weighted by atomic mass is 32.2. The number of piperidine rings is 1. The molecule has 0 radical (unpaired) electrons. The number of hydrogen-bond acceptors (Lipinski definition) is 3. The Balaban J connectivity index is 1.60. The van der Waals surface area contributed by atoms with Crippen LogP contribution >= 0.6 is 11.8 Å². The molecule has 2 unspecified atom stereocenters. The molecule has 2 nitrogen and oxygen atoms in total. The van der Waals surface area contributed by atoms with Crippen molar-refractivity contribution in [1.82, 2.24) is 10.6 Å². The Bertz CT molecular complexity index is 140. The fourth-order valence-electron chi connectivity index (χ4n) is 2.13. The summed E-state index contributed by atoms with van der Waals surface area (Å²) in [5, 5.41) is 7.90. The molecule has 0 bridgehead atoms. The first kappa shape index (κ1) is 9.81. The van der Waals surface area contributed by atoms with Crippen LogP contribution in [0.1, 0.15) is 25.7 Å². The molecule has 2 atom stereocenters. The van der Waals surface area contributed by atoms with E-state index in [1.54, 1.807) is 0 Å². The smallest absolute Gasteiger partial charge is 0.0532 e. The van der Waals surface area contributed by atoms with Gasteiger partial charge in [-0.25, -0.2) is 0 Å². The van der Waals surface area contributed by atoms with Crippen LogP contribution in [0.2, 0.25) is 0 Å². The molecule has 0 amide bonds. The van der Waals surface area contributed by atoms with Gasteiger partial charge in [0.2, 0.25) is 0 Å². The fraction of sp³-hybridized carbons (Fsp3) is 1.00. The van der Waals surface area contributed by atoms with Gasteiger partial charge < -0.3 is 10.6 Å². The van der Waals surface area contributed by atoms with Crippen LogP contribution in [0.25, 0.3) is 0 Å². The molecule has 2 N–H and O–H groups in total. The van der Waals surface area contributed by atoms with Gasteiger partial charge in [-0.3, -0.25) is 0 Å². The first-order valence-corrected chi connectivity index (χ1v) is 6.56. The van der Waals surface area contributed by atoms with Gasteiger partial charge in [-0.05, 0) is 50.4 Å². The zero-order valence-electron chi connectivity index (χ0n) is 8.22. The van der Waals surface area contributed by atoms with Crippen molar-refractivity contribution in [3.05, 3.63) is 0 Å².